The monoisotopic (exact) mass is 267 g/mol. The first-order valence-corrected chi connectivity index (χ1v) is 7.69. The zero-order valence-electron chi connectivity index (χ0n) is 12.7. The Hall–Kier alpha value is -0.610. The molecule has 1 saturated carbocycles. The third-order valence-corrected chi connectivity index (χ3v) is 3.86. The van der Waals surface area contributed by atoms with E-state index < -0.39 is 0 Å². The number of rotatable bonds is 5. The van der Waals surface area contributed by atoms with E-state index in [1.807, 2.05) is 20.8 Å². The van der Waals surface area contributed by atoms with Crippen LogP contribution in [0.1, 0.15) is 46.5 Å². The maximum absolute atomic E-state index is 11.9. The highest BCUT2D eigenvalue weighted by atomic mass is 16.2. The maximum Gasteiger partial charge on any atom is 0.234 e. The van der Waals surface area contributed by atoms with E-state index in [-0.39, 0.29) is 11.4 Å². The summed E-state index contributed by atoms with van der Waals surface area (Å²) in [6.45, 7) is 9.94. The summed E-state index contributed by atoms with van der Waals surface area (Å²) in [5.41, 5.74) is -0.121. The van der Waals surface area contributed by atoms with Gasteiger partial charge in [-0.05, 0) is 72.0 Å². The normalized spacial score (nSPS) is 22.5. The minimum atomic E-state index is -0.121. The lowest BCUT2D eigenvalue weighted by atomic mass is 9.96. The molecule has 2 N–H and O–H groups in total. The van der Waals surface area contributed by atoms with Crippen LogP contribution < -0.4 is 10.6 Å². The molecule has 2 rings (SSSR count). The van der Waals surface area contributed by atoms with E-state index in [0.29, 0.717) is 6.54 Å². The molecule has 1 saturated heterocycles. The molecule has 0 unspecified atom stereocenters. The molecule has 1 heterocycles. The van der Waals surface area contributed by atoms with Crippen molar-refractivity contribution in [3.8, 4) is 0 Å². The summed E-state index contributed by atoms with van der Waals surface area (Å²) in [6, 6.07) is 0.815. The molecule has 19 heavy (non-hydrogen) atoms. The summed E-state index contributed by atoms with van der Waals surface area (Å²) < 4.78 is 0. The van der Waals surface area contributed by atoms with Crippen LogP contribution in [0.3, 0.4) is 0 Å². The molecule has 0 radical (unpaired) electrons. The minimum Gasteiger partial charge on any atom is -0.350 e. The Bertz CT molecular complexity index is 299. The number of amides is 1. The number of nitrogens with one attached hydrogen (secondary N) is 2. The second-order valence-electron chi connectivity index (χ2n) is 7.20. The van der Waals surface area contributed by atoms with E-state index in [4.69, 9.17) is 0 Å². The number of hydrogen-bond acceptors (Lipinski definition) is 3. The van der Waals surface area contributed by atoms with Gasteiger partial charge in [0.25, 0.3) is 0 Å². The lowest BCUT2D eigenvalue weighted by Gasteiger charge is -2.32. The molecule has 2 fully saturated rings. The first-order valence-electron chi connectivity index (χ1n) is 7.69. The van der Waals surface area contributed by atoms with Crippen LogP contribution >= 0.6 is 0 Å². The average Bonchev–Trinajstić information content (AvgIpc) is 3.09. The molecule has 0 aromatic rings. The Morgan fingerprint density at radius 1 is 1.16 bits per heavy atom. The zero-order valence-corrected chi connectivity index (χ0v) is 12.7. The van der Waals surface area contributed by atoms with Crippen molar-refractivity contribution < 1.29 is 4.79 Å². The van der Waals surface area contributed by atoms with Crippen molar-refractivity contribution in [1.82, 2.24) is 15.5 Å². The van der Waals surface area contributed by atoms with Crippen LogP contribution in [0.15, 0.2) is 0 Å². The topological polar surface area (TPSA) is 44.4 Å². The zero-order chi connectivity index (χ0) is 13.9. The van der Waals surface area contributed by atoms with Crippen molar-refractivity contribution in [2.24, 2.45) is 5.92 Å². The summed E-state index contributed by atoms with van der Waals surface area (Å²) in [4.78, 5) is 14.2. The smallest absolute Gasteiger partial charge is 0.234 e. The van der Waals surface area contributed by atoms with Crippen molar-refractivity contribution in [2.75, 3.05) is 26.2 Å². The molecule has 1 amide bonds. The average molecular weight is 267 g/mol. The van der Waals surface area contributed by atoms with Crippen LogP contribution in [0.25, 0.3) is 0 Å². The fourth-order valence-corrected chi connectivity index (χ4v) is 2.63. The Morgan fingerprint density at radius 3 is 2.32 bits per heavy atom. The molecule has 0 aromatic carbocycles. The predicted octanol–water partition coefficient (Wildman–Crippen LogP) is 1.37. The Balaban J connectivity index is 1.61. The first-order chi connectivity index (χ1) is 8.92. The van der Waals surface area contributed by atoms with E-state index in [2.05, 4.69) is 15.5 Å². The van der Waals surface area contributed by atoms with Gasteiger partial charge in [-0.3, -0.25) is 9.69 Å². The maximum atomic E-state index is 11.9. The summed E-state index contributed by atoms with van der Waals surface area (Å²) in [6.07, 6.45) is 5.18. The van der Waals surface area contributed by atoms with Gasteiger partial charge in [-0.1, -0.05) is 0 Å². The number of carbonyl (C=O) groups is 1. The lowest BCUT2D eigenvalue weighted by Crippen LogP contribution is -2.48. The van der Waals surface area contributed by atoms with E-state index in [0.717, 1.165) is 25.0 Å². The van der Waals surface area contributed by atoms with Gasteiger partial charge >= 0.3 is 0 Å². The lowest BCUT2D eigenvalue weighted by molar-refractivity contribution is -0.124. The second-order valence-corrected chi connectivity index (χ2v) is 7.20. The van der Waals surface area contributed by atoms with Gasteiger partial charge in [0.2, 0.25) is 5.91 Å². The van der Waals surface area contributed by atoms with Crippen molar-refractivity contribution in [1.29, 1.82) is 0 Å². The Kier molecular flexibility index (Phi) is 4.85. The molecule has 110 valence electrons. The number of hydrogen-bond donors (Lipinski definition) is 2. The van der Waals surface area contributed by atoms with Crippen molar-refractivity contribution in [3.63, 3.8) is 0 Å². The molecular weight excluding hydrogens is 238 g/mol. The van der Waals surface area contributed by atoms with Crippen LogP contribution in [-0.2, 0) is 4.79 Å². The van der Waals surface area contributed by atoms with Crippen LogP contribution in [0.4, 0.5) is 0 Å². The van der Waals surface area contributed by atoms with Gasteiger partial charge in [0, 0.05) is 11.6 Å². The summed E-state index contributed by atoms with van der Waals surface area (Å²) in [5.74, 6) is 0.963. The molecule has 0 spiro atoms. The van der Waals surface area contributed by atoms with Crippen LogP contribution in [0, 0.1) is 5.92 Å². The van der Waals surface area contributed by atoms with Gasteiger partial charge < -0.3 is 10.6 Å². The highest BCUT2D eigenvalue weighted by Crippen LogP contribution is 2.21. The van der Waals surface area contributed by atoms with Gasteiger partial charge in [-0.15, -0.1) is 0 Å². The van der Waals surface area contributed by atoms with Gasteiger partial charge in [-0.25, -0.2) is 0 Å². The summed E-state index contributed by atoms with van der Waals surface area (Å²) in [7, 11) is 0. The largest absolute Gasteiger partial charge is 0.350 e. The van der Waals surface area contributed by atoms with Crippen molar-refractivity contribution in [3.05, 3.63) is 0 Å². The minimum absolute atomic E-state index is 0.121. The molecule has 0 aromatic heterocycles. The van der Waals surface area contributed by atoms with E-state index in [1.54, 1.807) is 0 Å². The highest BCUT2D eigenvalue weighted by molar-refractivity contribution is 5.78. The van der Waals surface area contributed by atoms with Crippen molar-refractivity contribution in [2.45, 2.75) is 58.0 Å². The Labute approximate surface area is 117 Å². The standard InChI is InChI=1S/C15H29N3O/c1-15(2,3)17-14(19)11-18-8-6-12(7-9-18)10-16-13-4-5-13/h12-13,16H,4-11H2,1-3H3,(H,17,19). The van der Waals surface area contributed by atoms with Crippen molar-refractivity contribution >= 4 is 5.91 Å². The molecule has 1 aliphatic heterocycles. The number of likely N-dealkylation sites (tertiary alicyclic amines) is 1. The van der Waals surface area contributed by atoms with Crippen LogP contribution in [0.5, 0.6) is 0 Å². The molecular formula is C15H29N3O. The van der Waals surface area contributed by atoms with E-state index >= 15 is 0 Å². The SMILES string of the molecule is CC(C)(C)NC(=O)CN1CCC(CNC2CC2)CC1. The number of carbonyl (C=O) groups excluding carboxylic acids is 1. The van der Waals surface area contributed by atoms with E-state index in [9.17, 15) is 4.79 Å². The third kappa shape index (κ3) is 5.91. The highest BCUT2D eigenvalue weighted by Gasteiger charge is 2.25. The molecule has 4 nitrogen and oxygen atoms in total. The molecule has 1 aliphatic carbocycles. The van der Waals surface area contributed by atoms with Gasteiger partial charge in [0.15, 0.2) is 0 Å². The fourth-order valence-electron chi connectivity index (χ4n) is 2.63. The van der Waals surface area contributed by atoms with Crippen LogP contribution in [-0.4, -0.2) is 48.6 Å². The van der Waals surface area contributed by atoms with Gasteiger partial charge in [0.1, 0.15) is 0 Å². The fraction of sp³-hybridized carbons (Fsp3) is 0.933. The number of nitrogens with zero attached hydrogens (tertiary/aromatic N) is 1. The van der Waals surface area contributed by atoms with Gasteiger partial charge in [0.05, 0.1) is 6.54 Å². The second kappa shape index (κ2) is 6.23. The summed E-state index contributed by atoms with van der Waals surface area (Å²) in [5, 5.41) is 6.65. The van der Waals surface area contributed by atoms with Crippen LogP contribution in [0.2, 0.25) is 0 Å². The third-order valence-electron chi connectivity index (χ3n) is 3.86. The molecule has 4 heteroatoms. The molecule has 0 atom stereocenters. The Morgan fingerprint density at radius 2 is 1.79 bits per heavy atom. The van der Waals surface area contributed by atoms with Gasteiger partial charge in [-0.2, -0.15) is 0 Å². The number of piperidine rings is 1. The summed E-state index contributed by atoms with van der Waals surface area (Å²) >= 11 is 0. The quantitative estimate of drug-likeness (QED) is 0.790. The first kappa shape index (κ1) is 14.8. The molecule has 0 bridgehead atoms. The molecule has 2 aliphatic rings. The van der Waals surface area contributed by atoms with E-state index in [1.165, 1.54) is 32.2 Å². The predicted molar refractivity (Wildman–Crippen MR) is 78.1 cm³/mol.